The van der Waals surface area contributed by atoms with Crippen LogP contribution in [-0.2, 0) is 4.79 Å². The molecule has 1 aliphatic rings. The fourth-order valence-corrected chi connectivity index (χ4v) is 2.61. The van der Waals surface area contributed by atoms with E-state index < -0.39 is 0 Å². The van der Waals surface area contributed by atoms with E-state index in [4.69, 9.17) is 0 Å². The topological polar surface area (TPSA) is 29.1 Å². The Morgan fingerprint density at radius 3 is 2.14 bits per heavy atom. The molecule has 0 atom stereocenters. The number of carbonyl (C=O) groups excluding carboxylic acids is 1. The van der Waals surface area contributed by atoms with Crippen LogP contribution in [0.5, 0.6) is 0 Å². The zero-order valence-electron chi connectivity index (χ0n) is 9.48. The summed E-state index contributed by atoms with van der Waals surface area (Å²) in [5, 5.41) is 3.01. The minimum absolute atomic E-state index is 0.168. The summed E-state index contributed by atoms with van der Waals surface area (Å²) in [5.41, 5.74) is 0.336. The monoisotopic (exact) mass is 309 g/mol. The van der Waals surface area contributed by atoms with Gasteiger partial charge in [-0.05, 0) is 17.3 Å². The van der Waals surface area contributed by atoms with Gasteiger partial charge in [0.15, 0.2) is 0 Å². The molecular formula is C11H20INO. The predicted molar refractivity (Wildman–Crippen MR) is 67.6 cm³/mol. The third kappa shape index (κ3) is 1.92. The van der Waals surface area contributed by atoms with Crippen LogP contribution in [-0.4, -0.2) is 16.9 Å². The average Bonchev–Trinajstić information content (AvgIpc) is 2.43. The fraction of sp³-hybridized carbons (Fsp3) is 0.909. The van der Waals surface area contributed by atoms with E-state index in [9.17, 15) is 4.79 Å². The molecule has 0 heterocycles. The number of hydrogen-bond acceptors (Lipinski definition) is 1. The molecule has 0 unspecified atom stereocenters. The summed E-state index contributed by atoms with van der Waals surface area (Å²) in [5.74, 6) is 0.439. The lowest BCUT2D eigenvalue weighted by Gasteiger charge is -2.04. The van der Waals surface area contributed by atoms with Crippen molar-refractivity contribution in [3.63, 3.8) is 0 Å². The molecule has 0 aliphatic heterocycles. The molecule has 0 aromatic rings. The molecule has 14 heavy (non-hydrogen) atoms. The number of nitrogens with one attached hydrogen (secondary N) is 1. The van der Waals surface area contributed by atoms with Gasteiger partial charge in [-0.1, -0.05) is 50.3 Å². The van der Waals surface area contributed by atoms with E-state index in [1.165, 1.54) is 0 Å². The number of halogens is 1. The Morgan fingerprint density at radius 1 is 1.29 bits per heavy atom. The Hall–Kier alpha value is 0.200. The van der Waals surface area contributed by atoms with E-state index in [-0.39, 0.29) is 22.7 Å². The zero-order chi connectivity index (χ0) is 11.0. The van der Waals surface area contributed by atoms with Crippen LogP contribution in [0.4, 0.5) is 0 Å². The second kappa shape index (κ2) is 3.99. The van der Waals surface area contributed by atoms with Crippen LogP contribution in [0.3, 0.4) is 0 Å². The quantitative estimate of drug-likeness (QED) is 0.483. The van der Waals surface area contributed by atoms with Crippen molar-refractivity contribution < 1.29 is 4.79 Å². The Kier molecular flexibility index (Phi) is 3.49. The maximum atomic E-state index is 11.8. The molecule has 2 nitrogen and oxygen atoms in total. The first-order valence-corrected chi connectivity index (χ1v) is 6.72. The van der Waals surface area contributed by atoms with E-state index in [0.29, 0.717) is 0 Å². The molecule has 0 spiro atoms. The van der Waals surface area contributed by atoms with Gasteiger partial charge in [-0.3, -0.25) is 4.79 Å². The van der Waals surface area contributed by atoms with Gasteiger partial charge in [0.1, 0.15) is 0 Å². The lowest BCUT2D eigenvalue weighted by atomic mass is 10.0. The van der Waals surface area contributed by atoms with E-state index in [1.54, 1.807) is 0 Å². The molecule has 1 saturated carbocycles. The predicted octanol–water partition coefficient (Wildman–Crippen LogP) is 2.61. The fourth-order valence-electron chi connectivity index (χ4n) is 2.23. The van der Waals surface area contributed by atoms with Crippen molar-refractivity contribution >= 4 is 28.5 Å². The molecule has 1 amide bonds. The van der Waals surface area contributed by atoms with Gasteiger partial charge in [-0.2, -0.15) is 0 Å². The Bertz CT molecular complexity index is 221. The highest BCUT2D eigenvalue weighted by Crippen LogP contribution is 2.68. The summed E-state index contributed by atoms with van der Waals surface area (Å²) in [6.07, 6.45) is 1.07. The zero-order valence-corrected chi connectivity index (χ0v) is 11.6. The van der Waals surface area contributed by atoms with Crippen molar-refractivity contribution in [3.05, 3.63) is 0 Å². The van der Waals surface area contributed by atoms with Crippen LogP contribution in [0.2, 0.25) is 0 Å². The maximum Gasteiger partial charge on any atom is 0.224 e. The third-order valence-corrected chi connectivity index (χ3v) is 4.66. The summed E-state index contributed by atoms with van der Waals surface area (Å²) in [4.78, 5) is 11.8. The van der Waals surface area contributed by atoms with Gasteiger partial charge in [0.2, 0.25) is 5.91 Å². The Labute approximate surface area is 100 Å². The number of amides is 1. The van der Waals surface area contributed by atoms with Gasteiger partial charge in [0.05, 0.1) is 0 Å². The van der Waals surface area contributed by atoms with Crippen molar-refractivity contribution in [1.29, 1.82) is 0 Å². The molecular weight excluding hydrogens is 289 g/mol. The molecule has 1 rings (SSSR count). The summed E-state index contributed by atoms with van der Waals surface area (Å²) in [6, 6.07) is 0. The van der Waals surface area contributed by atoms with Crippen LogP contribution in [0, 0.1) is 16.7 Å². The molecule has 82 valence electrons. The molecule has 0 aromatic carbocycles. The number of rotatable bonds is 4. The molecule has 1 N–H and O–H groups in total. The van der Waals surface area contributed by atoms with Crippen molar-refractivity contribution in [2.75, 3.05) is 11.0 Å². The summed E-state index contributed by atoms with van der Waals surface area (Å²) >= 11 is 2.33. The van der Waals surface area contributed by atoms with Crippen LogP contribution in [0.15, 0.2) is 0 Å². The maximum absolute atomic E-state index is 11.8. The highest BCUT2D eigenvalue weighted by Gasteiger charge is 2.68. The van der Waals surface area contributed by atoms with E-state index in [0.717, 1.165) is 17.4 Å². The average molecular weight is 309 g/mol. The van der Waals surface area contributed by atoms with Crippen LogP contribution < -0.4 is 5.32 Å². The second-order valence-electron chi connectivity index (χ2n) is 5.21. The van der Waals surface area contributed by atoms with Gasteiger partial charge in [-0.15, -0.1) is 0 Å². The van der Waals surface area contributed by atoms with Crippen molar-refractivity contribution in [2.24, 2.45) is 16.7 Å². The Morgan fingerprint density at radius 2 is 1.79 bits per heavy atom. The normalized spacial score (nSPS) is 23.2. The van der Waals surface area contributed by atoms with Crippen LogP contribution in [0.25, 0.3) is 0 Å². The van der Waals surface area contributed by atoms with Crippen molar-refractivity contribution in [1.82, 2.24) is 5.32 Å². The first-order chi connectivity index (χ1) is 6.35. The van der Waals surface area contributed by atoms with E-state index in [2.05, 4.69) is 55.6 Å². The smallest absolute Gasteiger partial charge is 0.224 e. The molecule has 0 bridgehead atoms. The first-order valence-electron chi connectivity index (χ1n) is 5.19. The van der Waals surface area contributed by atoms with Crippen LogP contribution in [0.1, 0.15) is 34.1 Å². The van der Waals surface area contributed by atoms with E-state index >= 15 is 0 Å². The van der Waals surface area contributed by atoms with Gasteiger partial charge >= 0.3 is 0 Å². The summed E-state index contributed by atoms with van der Waals surface area (Å²) in [7, 11) is 0. The summed E-state index contributed by atoms with van der Waals surface area (Å²) in [6.45, 7) is 9.53. The number of hydrogen-bond donors (Lipinski definition) is 1. The van der Waals surface area contributed by atoms with Crippen molar-refractivity contribution in [2.45, 2.75) is 34.1 Å². The molecule has 0 radical (unpaired) electrons. The lowest BCUT2D eigenvalue weighted by molar-refractivity contribution is -0.123. The highest BCUT2D eigenvalue weighted by molar-refractivity contribution is 14.1. The molecule has 0 aromatic heterocycles. The van der Waals surface area contributed by atoms with Crippen molar-refractivity contribution in [3.8, 4) is 0 Å². The van der Waals surface area contributed by atoms with Gasteiger partial charge in [0.25, 0.3) is 0 Å². The van der Waals surface area contributed by atoms with E-state index in [1.807, 2.05) is 0 Å². The first kappa shape index (κ1) is 12.3. The van der Waals surface area contributed by atoms with Gasteiger partial charge in [0, 0.05) is 16.9 Å². The van der Waals surface area contributed by atoms with Gasteiger partial charge in [-0.25, -0.2) is 0 Å². The molecule has 1 aliphatic carbocycles. The number of carbonyl (C=O) groups is 1. The molecule has 3 heteroatoms. The largest absolute Gasteiger partial charge is 0.356 e. The third-order valence-electron chi connectivity index (χ3n) is 3.89. The summed E-state index contributed by atoms with van der Waals surface area (Å²) < 4.78 is 1.11. The Balaban J connectivity index is 2.42. The number of alkyl halides is 1. The lowest BCUT2D eigenvalue weighted by Crippen LogP contribution is -2.28. The highest BCUT2D eigenvalue weighted by atomic mass is 127. The molecule has 0 saturated heterocycles. The second-order valence-corrected chi connectivity index (χ2v) is 6.29. The van der Waals surface area contributed by atoms with Crippen LogP contribution >= 0.6 is 22.6 Å². The van der Waals surface area contributed by atoms with Gasteiger partial charge < -0.3 is 5.32 Å². The minimum Gasteiger partial charge on any atom is -0.356 e. The standard InChI is InChI=1S/C11H20INO/c1-10(2)8(11(10,3)4)9(14)13-7-5-6-12/h8H,5-7H2,1-4H3,(H,13,14). The minimum atomic E-state index is 0.168. The SMILES string of the molecule is CC1(C)C(C(=O)NCCCI)C1(C)C. The molecule has 1 fully saturated rings.